The molecule has 4 rings (SSSR count). The molecule has 0 aliphatic carbocycles. The van der Waals surface area contributed by atoms with Gasteiger partial charge in [-0.2, -0.15) is 0 Å². The van der Waals surface area contributed by atoms with Crippen molar-refractivity contribution in [2.75, 3.05) is 11.4 Å². The van der Waals surface area contributed by atoms with E-state index in [2.05, 4.69) is 0 Å². The van der Waals surface area contributed by atoms with E-state index >= 15 is 0 Å². The highest BCUT2D eigenvalue weighted by molar-refractivity contribution is 6.03. The number of hydrogen-bond acceptors (Lipinski definition) is 6. The molecule has 1 fully saturated rings. The van der Waals surface area contributed by atoms with Gasteiger partial charge in [0.05, 0.1) is 11.3 Å². The van der Waals surface area contributed by atoms with Gasteiger partial charge in [0.15, 0.2) is 0 Å². The lowest BCUT2D eigenvalue weighted by Gasteiger charge is -2.19. The van der Waals surface area contributed by atoms with Crippen LogP contribution in [0.1, 0.15) is 34.3 Å². The van der Waals surface area contributed by atoms with Crippen LogP contribution in [-0.4, -0.2) is 23.5 Å². The maximum atomic E-state index is 12.7. The normalized spacial score (nSPS) is 13.8. The first kappa shape index (κ1) is 18.7. The largest absolute Gasteiger partial charge is 0.508 e. The average molecular weight is 393 g/mol. The number of phenols is 1. The second-order valence-electron chi connectivity index (χ2n) is 6.92. The van der Waals surface area contributed by atoms with Crippen LogP contribution in [0.15, 0.2) is 51.7 Å². The van der Waals surface area contributed by atoms with Gasteiger partial charge in [0.1, 0.15) is 17.9 Å². The molecule has 0 atom stereocenters. The molecule has 1 amide bonds. The molecular formula is C22H19NO6. The topological polar surface area (TPSA) is 97.0 Å². The molecule has 0 bridgehead atoms. The number of carbonyl (C=O) groups is 2. The number of nitrogens with zero attached hydrogens (tertiary/aromatic N) is 1. The van der Waals surface area contributed by atoms with Crippen molar-refractivity contribution in [2.24, 2.45) is 0 Å². The van der Waals surface area contributed by atoms with Gasteiger partial charge in [0.25, 0.3) is 0 Å². The third-order valence-corrected chi connectivity index (χ3v) is 5.06. The fraction of sp³-hybridized carbons (Fsp3) is 0.227. The number of hydrogen-bond donors (Lipinski definition) is 1. The molecule has 148 valence electrons. The second kappa shape index (κ2) is 7.43. The summed E-state index contributed by atoms with van der Waals surface area (Å²) in [6.07, 6.45) is 1.21. The van der Waals surface area contributed by atoms with Gasteiger partial charge in [-0.05, 0) is 37.6 Å². The minimum absolute atomic E-state index is 0.0130. The number of rotatable bonds is 4. The number of aromatic hydroxyl groups is 1. The number of benzene rings is 2. The lowest BCUT2D eigenvalue weighted by molar-refractivity contribution is -0.117. The zero-order valence-corrected chi connectivity index (χ0v) is 15.8. The number of esters is 1. The minimum atomic E-state index is -0.597. The summed E-state index contributed by atoms with van der Waals surface area (Å²) < 4.78 is 10.7. The zero-order valence-electron chi connectivity index (χ0n) is 15.8. The fourth-order valence-electron chi connectivity index (χ4n) is 3.54. The molecule has 29 heavy (non-hydrogen) atoms. The van der Waals surface area contributed by atoms with E-state index in [0.29, 0.717) is 40.7 Å². The molecule has 2 aromatic carbocycles. The molecule has 2 heterocycles. The van der Waals surface area contributed by atoms with Crippen LogP contribution in [0.5, 0.6) is 5.75 Å². The molecule has 1 aromatic heterocycles. The Morgan fingerprint density at radius 3 is 2.76 bits per heavy atom. The van der Waals surface area contributed by atoms with Crippen molar-refractivity contribution in [3.05, 3.63) is 69.6 Å². The first-order valence-corrected chi connectivity index (χ1v) is 9.27. The van der Waals surface area contributed by atoms with Crippen LogP contribution in [0.25, 0.3) is 11.0 Å². The Balaban J connectivity index is 1.63. The molecule has 7 nitrogen and oxygen atoms in total. The van der Waals surface area contributed by atoms with Gasteiger partial charge in [-0.15, -0.1) is 0 Å². The summed E-state index contributed by atoms with van der Waals surface area (Å²) >= 11 is 0. The SMILES string of the molecule is Cc1c(O)ccc2c(COC(=O)c3ccccc3N3CCCC3=O)cc(=O)oc12. The van der Waals surface area contributed by atoms with E-state index < -0.39 is 11.6 Å². The number of amides is 1. The van der Waals surface area contributed by atoms with Crippen molar-refractivity contribution in [2.45, 2.75) is 26.4 Å². The van der Waals surface area contributed by atoms with Crippen LogP contribution in [0, 0.1) is 6.92 Å². The predicted molar refractivity (Wildman–Crippen MR) is 106 cm³/mol. The Morgan fingerprint density at radius 2 is 2.00 bits per heavy atom. The van der Waals surface area contributed by atoms with Gasteiger partial charge >= 0.3 is 11.6 Å². The van der Waals surface area contributed by atoms with Crippen LogP contribution < -0.4 is 10.5 Å². The third-order valence-electron chi connectivity index (χ3n) is 5.06. The summed E-state index contributed by atoms with van der Waals surface area (Å²) in [5.74, 6) is -0.594. The van der Waals surface area contributed by atoms with Crippen LogP contribution >= 0.6 is 0 Å². The van der Waals surface area contributed by atoms with E-state index in [1.807, 2.05) is 0 Å². The summed E-state index contributed by atoms with van der Waals surface area (Å²) in [7, 11) is 0. The zero-order chi connectivity index (χ0) is 20.5. The molecule has 0 radical (unpaired) electrons. The van der Waals surface area contributed by atoms with Gasteiger partial charge in [-0.3, -0.25) is 4.79 Å². The molecule has 0 saturated carbocycles. The molecule has 1 saturated heterocycles. The molecule has 1 aliphatic heterocycles. The van der Waals surface area contributed by atoms with Gasteiger partial charge in [0, 0.05) is 35.5 Å². The van der Waals surface area contributed by atoms with Crippen molar-refractivity contribution in [3.63, 3.8) is 0 Å². The van der Waals surface area contributed by atoms with E-state index in [4.69, 9.17) is 9.15 Å². The predicted octanol–water partition coefficient (Wildman–Crippen LogP) is 3.29. The molecule has 0 unspecified atom stereocenters. The third kappa shape index (κ3) is 3.47. The summed E-state index contributed by atoms with van der Waals surface area (Å²) in [5.41, 5.74) is 1.39. The minimum Gasteiger partial charge on any atom is -0.508 e. The van der Waals surface area contributed by atoms with Crippen molar-refractivity contribution in [1.82, 2.24) is 0 Å². The lowest BCUT2D eigenvalue weighted by Crippen LogP contribution is -2.26. The number of fused-ring (bicyclic) bond motifs is 1. The average Bonchev–Trinajstić information content (AvgIpc) is 3.14. The summed E-state index contributed by atoms with van der Waals surface area (Å²) in [4.78, 5) is 38.3. The maximum Gasteiger partial charge on any atom is 0.340 e. The number of aryl methyl sites for hydroxylation is 1. The second-order valence-corrected chi connectivity index (χ2v) is 6.92. The quantitative estimate of drug-likeness (QED) is 0.540. The van der Waals surface area contributed by atoms with E-state index in [1.54, 1.807) is 42.2 Å². The first-order valence-electron chi connectivity index (χ1n) is 9.27. The summed E-state index contributed by atoms with van der Waals surface area (Å²) in [6, 6.07) is 11.2. The Hall–Kier alpha value is -3.61. The molecule has 7 heteroatoms. The number of carbonyl (C=O) groups excluding carboxylic acids is 2. The van der Waals surface area contributed by atoms with E-state index in [0.717, 1.165) is 6.42 Å². The first-order chi connectivity index (χ1) is 14.0. The van der Waals surface area contributed by atoms with Crippen LogP contribution in [0.4, 0.5) is 5.69 Å². The van der Waals surface area contributed by atoms with Gasteiger partial charge in [0.2, 0.25) is 5.91 Å². The highest BCUT2D eigenvalue weighted by atomic mass is 16.5. The molecular weight excluding hydrogens is 374 g/mol. The molecule has 1 aliphatic rings. The summed E-state index contributed by atoms with van der Waals surface area (Å²) in [6.45, 7) is 2.06. The van der Waals surface area contributed by atoms with Crippen LogP contribution in [0.2, 0.25) is 0 Å². The highest BCUT2D eigenvalue weighted by Gasteiger charge is 2.26. The van der Waals surface area contributed by atoms with E-state index in [9.17, 15) is 19.5 Å². The van der Waals surface area contributed by atoms with E-state index in [-0.39, 0.29) is 23.8 Å². The standard InChI is InChI=1S/C22H19NO6/c1-13-18(24)9-8-15-14(11-20(26)29-21(13)15)12-28-22(27)16-5-2-3-6-17(16)23-10-4-7-19(23)25/h2-3,5-6,8-9,11,24H,4,7,10,12H2,1H3. The Labute approximate surface area is 166 Å². The fourth-order valence-corrected chi connectivity index (χ4v) is 3.54. The number of ether oxygens (including phenoxy) is 1. The smallest absolute Gasteiger partial charge is 0.340 e. The van der Waals surface area contributed by atoms with Crippen molar-refractivity contribution < 1.29 is 23.8 Å². The van der Waals surface area contributed by atoms with Crippen molar-refractivity contribution in [3.8, 4) is 5.75 Å². The Morgan fingerprint density at radius 1 is 1.21 bits per heavy atom. The highest BCUT2D eigenvalue weighted by Crippen LogP contribution is 2.29. The molecule has 0 spiro atoms. The van der Waals surface area contributed by atoms with E-state index in [1.165, 1.54) is 12.1 Å². The van der Waals surface area contributed by atoms with Crippen molar-refractivity contribution in [1.29, 1.82) is 0 Å². The van der Waals surface area contributed by atoms with Crippen molar-refractivity contribution >= 4 is 28.5 Å². The Bertz CT molecular complexity index is 1180. The van der Waals surface area contributed by atoms with Crippen LogP contribution in [0.3, 0.4) is 0 Å². The van der Waals surface area contributed by atoms with Gasteiger partial charge < -0.3 is 19.2 Å². The number of phenolic OH excluding ortho intramolecular Hbond substituents is 1. The van der Waals surface area contributed by atoms with Gasteiger partial charge in [-0.25, -0.2) is 9.59 Å². The lowest BCUT2D eigenvalue weighted by atomic mass is 10.1. The molecule has 3 aromatic rings. The van der Waals surface area contributed by atoms with Gasteiger partial charge in [-0.1, -0.05) is 12.1 Å². The monoisotopic (exact) mass is 393 g/mol. The van der Waals surface area contributed by atoms with Crippen LogP contribution in [-0.2, 0) is 16.1 Å². The number of anilines is 1. The summed E-state index contributed by atoms with van der Waals surface area (Å²) in [5, 5.41) is 10.4. The number of para-hydroxylation sites is 1. The molecule has 1 N–H and O–H groups in total. The maximum absolute atomic E-state index is 12.7. The Kier molecular flexibility index (Phi) is 4.80.